The normalized spacial score (nSPS) is 31.1. The molecule has 1 saturated carbocycles. The zero-order valence-corrected chi connectivity index (χ0v) is 13.1. The molecule has 1 fully saturated rings. The fraction of sp³-hybridized carbons (Fsp3) is 0.500. The Labute approximate surface area is 130 Å². The Hall–Kier alpha value is -1.97. The number of anilines is 1. The molecule has 4 atom stereocenters. The Balaban J connectivity index is 1.61. The Kier molecular flexibility index (Phi) is 3.13. The zero-order chi connectivity index (χ0) is 15.3. The Morgan fingerprint density at radius 3 is 2.82 bits per heavy atom. The van der Waals surface area contributed by atoms with Crippen LogP contribution in [0.25, 0.3) is 11.0 Å². The molecule has 1 heterocycles. The number of nitrogens with one attached hydrogen (secondary N) is 3. The molecule has 0 saturated heterocycles. The van der Waals surface area contributed by atoms with Crippen LogP contribution in [0, 0.1) is 23.7 Å². The minimum absolute atomic E-state index is 0.151. The quantitative estimate of drug-likeness (QED) is 0.788. The summed E-state index contributed by atoms with van der Waals surface area (Å²) in [6.07, 6.45) is 6.41. The highest BCUT2D eigenvalue weighted by atomic mass is 16.1. The molecule has 0 bridgehead atoms. The first-order chi connectivity index (χ1) is 10.6. The van der Waals surface area contributed by atoms with Gasteiger partial charge in [0.2, 0.25) is 0 Å². The van der Waals surface area contributed by atoms with E-state index in [1.54, 1.807) is 0 Å². The number of allylic oxidation sites excluding steroid dienone is 2. The van der Waals surface area contributed by atoms with E-state index in [9.17, 15) is 4.79 Å². The fourth-order valence-electron chi connectivity index (χ4n) is 4.33. The van der Waals surface area contributed by atoms with Crippen LogP contribution in [0.15, 0.2) is 34.8 Å². The highest BCUT2D eigenvalue weighted by Crippen LogP contribution is 2.47. The van der Waals surface area contributed by atoms with Gasteiger partial charge in [-0.05, 0) is 48.8 Å². The molecule has 1 unspecified atom stereocenters. The van der Waals surface area contributed by atoms with E-state index in [4.69, 9.17) is 0 Å². The molecule has 2 aliphatic rings. The topological polar surface area (TPSA) is 60.7 Å². The van der Waals surface area contributed by atoms with Crippen LogP contribution in [0.1, 0.15) is 33.1 Å². The molecule has 4 heteroatoms. The Morgan fingerprint density at radius 1 is 1.14 bits per heavy atom. The Morgan fingerprint density at radius 2 is 1.95 bits per heavy atom. The van der Waals surface area contributed by atoms with Gasteiger partial charge in [0.1, 0.15) is 0 Å². The van der Waals surface area contributed by atoms with Crippen LogP contribution in [-0.2, 0) is 0 Å². The van der Waals surface area contributed by atoms with Crippen molar-refractivity contribution in [2.45, 2.75) is 33.1 Å². The van der Waals surface area contributed by atoms with Crippen molar-refractivity contribution in [3.8, 4) is 0 Å². The van der Waals surface area contributed by atoms with E-state index < -0.39 is 0 Å². The number of aromatic amines is 2. The van der Waals surface area contributed by atoms with Crippen LogP contribution in [-0.4, -0.2) is 9.97 Å². The molecule has 22 heavy (non-hydrogen) atoms. The third-order valence-corrected chi connectivity index (χ3v) is 5.49. The summed E-state index contributed by atoms with van der Waals surface area (Å²) in [6, 6.07) is 6.00. The maximum Gasteiger partial charge on any atom is 0.323 e. The molecular formula is C18H23N3O. The van der Waals surface area contributed by atoms with Crippen LogP contribution in [0.2, 0.25) is 0 Å². The molecule has 4 nitrogen and oxygen atoms in total. The van der Waals surface area contributed by atoms with Crippen LogP contribution in [0.5, 0.6) is 0 Å². The summed E-state index contributed by atoms with van der Waals surface area (Å²) in [5.74, 6) is 2.95. The van der Waals surface area contributed by atoms with Gasteiger partial charge in [0.25, 0.3) is 0 Å². The predicted molar refractivity (Wildman–Crippen MR) is 89.8 cm³/mol. The van der Waals surface area contributed by atoms with Gasteiger partial charge in [-0.15, -0.1) is 0 Å². The van der Waals surface area contributed by atoms with E-state index in [2.05, 4.69) is 35.2 Å². The molecule has 116 valence electrons. The first-order valence-corrected chi connectivity index (χ1v) is 8.31. The lowest BCUT2D eigenvalue weighted by Gasteiger charge is -2.33. The molecule has 4 rings (SSSR count). The van der Waals surface area contributed by atoms with Crippen molar-refractivity contribution in [3.05, 3.63) is 40.5 Å². The van der Waals surface area contributed by atoms with Crippen LogP contribution < -0.4 is 11.0 Å². The van der Waals surface area contributed by atoms with E-state index in [1.807, 2.05) is 18.2 Å². The van der Waals surface area contributed by atoms with Gasteiger partial charge in [-0.1, -0.05) is 26.3 Å². The zero-order valence-electron chi connectivity index (χ0n) is 13.1. The van der Waals surface area contributed by atoms with Gasteiger partial charge in [-0.2, -0.15) is 0 Å². The number of fused-ring (bicyclic) bond motifs is 2. The van der Waals surface area contributed by atoms with Gasteiger partial charge in [0, 0.05) is 17.3 Å². The van der Waals surface area contributed by atoms with Gasteiger partial charge in [-0.25, -0.2) is 4.79 Å². The average molecular weight is 297 g/mol. The standard InChI is InChI=1S/C18H23N3O/c1-10-3-5-13-11(2)8-16(14(13)7-10)19-12-4-6-15-17(9-12)21-18(22)20-15/h4,6,8-11,13-14,19H,3,5,7H2,1-2H3,(H2,20,21,22)/t10-,11?,13+,14-/m1/s1. The van der Waals surface area contributed by atoms with Crippen molar-refractivity contribution in [3.63, 3.8) is 0 Å². The first kappa shape index (κ1) is 13.7. The fourth-order valence-corrected chi connectivity index (χ4v) is 4.33. The van der Waals surface area contributed by atoms with Crippen molar-refractivity contribution < 1.29 is 0 Å². The molecule has 0 aliphatic heterocycles. The lowest BCUT2D eigenvalue weighted by Crippen LogP contribution is -2.26. The van der Waals surface area contributed by atoms with E-state index >= 15 is 0 Å². The second-order valence-electron chi connectivity index (χ2n) is 7.13. The van der Waals surface area contributed by atoms with Gasteiger partial charge < -0.3 is 15.3 Å². The van der Waals surface area contributed by atoms with E-state index in [0.29, 0.717) is 11.8 Å². The average Bonchev–Trinajstić information content (AvgIpc) is 2.98. The first-order valence-electron chi connectivity index (χ1n) is 8.31. The molecule has 0 spiro atoms. The van der Waals surface area contributed by atoms with Crippen LogP contribution in [0.4, 0.5) is 5.69 Å². The van der Waals surface area contributed by atoms with Crippen molar-refractivity contribution in [2.24, 2.45) is 23.7 Å². The third-order valence-electron chi connectivity index (χ3n) is 5.49. The monoisotopic (exact) mass is 297 g/mol. The highest BCUT2D eigenvalue weighted by Gasteiger charge is 2.38. The molecule has 3 N–H and O–H groups in total. The van der Waals surface area contributed by atoms with Crippen molar-refractivity contribution in [2.75, 3.05) is 5.32 Å². The molecule has 1 aromatic heterocycles. The number of benzene rings is 1. The molecule has 2 aromatic rings. The van der Waals surface area contributed by atoms with Crippen molar-refractivity contribution in [1.29, 1.82) is 0 Å². The largest absolute Gasteiger partial charge is 0.359 e. The smallest absolute Gasteiger partial charge is 0.323 e. The second kappa shape index (κ2) is 5.04. The number of hydrogen-bond acceptors (Lipinski definition) is 2. The van der Waals surface area contributed by atoms with Gasteiger partial charge >= 0.3 is 5.69 Å². The van der Waals surface area contributed by atoms with Crippen molar-refractivity contribution >= 4 is 16.7 Å². The summed E-state index contributed by atoms with van der Waals surface area (Å²) in [5, 5.41) is 3.62. The highest BCUT2D eigenvalue weighted by molar-refractivity contribution is 5.79. The second-order valence-corrected chi connectivity index (χ2v) is 7.13. The summed E-state index contributed by atoms with van der Waals surface area (Å²) in [5.41, 5.74) is 3.99. The minimum atomic E-state index is -0.151. The number of rotatable bonds is 2. The van der Waals surface area contributed by atoms with Crippen molar-refractivity contribution in [1.82, 2.24) is 9.97 Å². The van der Waals surface area contributed by atoms with Gasteiger partial charge in [0.15, 0.2) is 0 Å². The summed E-state index contributed by atoms with van der Waals surface area (Å²) in [4.78, 5) is 17.0. The molecule has 0 amide bonds. The maximum absolute atomic E-state index is 11.4. The third kappa shape index (κ3) is 2.27. The van der Waals surface area contributed by atoms with Gasteiger partial charge in [0.05, 0.1) is 11.0 Å². The lowest BCUT2D eigenvalue weighted by molar-refractivity contribution is 0.203. The lowest BCUT2D eigenvalue weighted by atomic mass is 9.73. The summed E-state index contributed by atoms with van der Waals surface area (Å²) in [7, 11) is 0. The maximum atomic E-state index is 11.4. The summed E-state index contributed by atoms with van der Waals surface area (Å²) in [6.45, 7) is 4.71. The van der Waals surface area contributed by atoms with Crippen LogP contribution >= 0.6 is 0 Å². The van der Waals surface area contributed by atoms with E-state index in [0.717, 1.165) is 28.6 Å². The van der Waals surface area contributed by atoms with E-state index in [1.165, 1.54) is 25.0 Å². The molecule has 1 aromatic carbocycles. The minimum Gasteiger partial charge on any atom is -0.359 e. The molecular weight excluding hydrogens is 274 g/mol. The summed E-state index contributed by atoms with van der Waals surface area (Å²) < 4.78 is 0. The summed E-state index contributed by atoms with van der Waals surface area (Å²) >= 11 is 0. The van der Waals surface area contributed by atoms with Crippen LogP contribution in [0.3, 0.4) is 0 Å². The number of H-pyrrole nitrogens is 2. The molecule has 2 aliphatic carbocycles. The Bertz CT molecular complexity index is 785. The number of imidazole rings is 1. The SMILES string of the molecule is CC1C=C(Nc2ccc3[nH]c(=O)[nH]c3c2)[C@@H]2C[C@H](C)CC[C@@H]12. The molecule has 0 radical (unpaired) electrons. The number of hydrogen-bond donors (Lipinski definition) is 3. The predicted octanol–water partition coefficient (Wildman–Crippen LogP) is 3.85. The van der Waals surface area contributed by atoms with E-state index in [-0.39, 0.29) is 5.69 Å². The number of aromatic nitrogens is 2. The van der Waals surface area contributed by atoms with Gasteiger partial charge in [-0.3, -0.25) is 0 Å².